The molecule has 0 fully saturated rings. The van der Waals surface area contributed by atoms with Gasteiger partial charge in [0, 0.05) is 24.7 Å². The SMILES string of the molecule is Cc1ccc(C(C)(C)CN(C)Cc2cc3ccccn3n2)cc1. The van der Waals surface area contributed by atoms with Gasteiger partial charge in [-0.3, -0.25) is 4.90 Å². The summed E-state index contributed by atoms with van der Waals surface area (Å²) in [5, 5.41) is 4.64. The Labute approximate surface area is 138 Å². The van der Waals surface area contributed by atoms with Crippen molar-refractivity contribution >= 4 is 5.52 Å². The minimum Gasteiger partial charge on any atom is -0.300 e. The van der Waals surface area contributed by atoms with Gasteiger partial charge in [0.15, 0.2) is 0 Å². The van der Waals surface area contributed by atoms with Gasteiger partial charge in [-0.2, -0.15) is 5.10 Å². The molecule has 0 aliphatic rings. The molecule has 3 nitrogen and oxygen atoms in total. The smallest absolute Gasteiger partial charge is 0.0775 e. The summed E-state index contributed by atoms with van der Waals surface area (Å²) in [7, 11) is 2.17. The molecule has 3 heteroatoms. The molecular weight excluding hydrogens is 282 g/mol. The van der Waals surface area contributed by atoms with Crippen molar-refractivity contribution in [3.8, 4) is 0 Å². The van der Waals surface area contributed by atoms with Gasteiger partial charge in [0.2, 0.25) is 0 Å². The van der Waals surface area contributed by atoms with Gasteiger partial charge in [-0.1, -0.05) is 49.7 Å². The summed E-state index contributed by atoms with van der Waals surface area (Å²) in [4.78, 5) is 2.35. The third-order valence-electron chi connectivity index (χ3n) is 4.35. The van der Waals surface area contributed by atoms with E-state index in [1.807, 2.05) is 22.8 Å². The number of fused-ring (bicyclic) bond motifs is 1. The average Bonchev–Trinajstić information content (AvgIpc) is 2.88. The zero-order chi connectivity index (χ0) is 16.4. The Morgan fingerprint density at radius 3 is 2.52 bits per heavy atom. The maximum absolute atomic E-state index is 4.64. The lowest BCUT2D eigenvalue weighted by Gasteiger charge is -2.30. The van der Waals surface area contributed by atoms with Crippen molar-refractivity contribution in [1.82, 2.24) is 14.5 Å². The van der Waals surface area contributed by atoms with Crippen LogP contribution in [0, 0.1) is 6.92 Å². The lowest BCUT2D eigenvalue weighted by atomic mass is 9.84. The molecule has 0 saturated carbocycles. The topological polar surface area (TPSA) is 20.5 Å². The molecule has 3 aromatic rings. The molecule has 23 heavy (non-hydrogen) atoms. The Hall–Kier alpha value is -2.13. The van der Waals surface area contributed by atoms with Gasteiger partial charge >= 0.3 is 0 Å². The van der Waals surface area contributed by atoms with Gasteiger partial charge in [0.25, 0.3) is 0 Å². The quantitative estimate of drug-likeness (QED) is 0.709. The van der Waals surface area contributed by atoms with Crippen molar-refractivity contribution in [2.75, 3.05) is 13.6 Å². The monoisotopic (exact) mass is 307 g/mol. The normalized spacial score (nSPS) is 12.2. The Morgan fingerprint density at radius 2 is 1.83 bits per heavy atom. The van der Waals surface area contributed by atoms with Gasteiger partial charge in [-0.25, -0.2) is 4.52 Å². The number of benzene rings is 1. The van der Waals surface area contributed by atoms with Crippen LogP contribution in [0.5, 0.6) is 0 Å². The molecule has 0 unspecified atom stereocenters. The number of pyridine rings is 1. The molecule has 0 atom stereocenters. The molecule has 1 aromatic carbocycles. The second kappa shape index (κ2) is 6.17. The summed E-state index contributed by atoms with van der Waals surface area (Å²) in [5.41, 5.74) is 5.06. The molecule has 2 heterocycles. The summed E-state index contributed by atoms with van der Waals surface area (Å²) in [6.07, 6.45) is 2.00. The molecule has 0 bridgehead atoms. The first-order valence-electron chi connectivity index (χ1n) is 8.13. The van der Waals surface area contributed by atoms with Crippen LogP contribution in [-0.2, 0) is 12.0 Å². The lowest BCUT2D eigenvalue weighted by molar-refractivity contribution is 0.258. The van der Waals surface area contributed by atoms with Crippen LogP contribution in [0.4, 0.5) is 0 Å². The third kappa shape index (κ3) is 3.62. The van der Waals surface area contributed by atoms with Crippen molar-refractivity contribution in [3.05, 3.63) is 71.5 Å². The summed E-state index contributed by atoms with van der Waals surface area (Å²) >= 11 is 0. The minimum atomic E-state index is 0.113. The first-order valence-corrected chi connectivity index (χ1v) is 8.13. The van der Waals surface area contributed by atoms with Crippen LogP contribution in [0.3, 0.4) is 0 Å². The van der Waals surface area contributed by atoms with Crippen LogP contribution in [0.15, 0.2) is 54.7 Å². The van der Waals surface area contributed by atoms with Crippen LogP contribution < -0.4 is 0 Å². The van der Waals surface area contributed by atoms with Crippen LogP contribution >= 0.6 is 0 Å². The largest absolute Gasteiger partial charge is 0.300 e. The van der Waals surface area contributed by atoms with E-state index in [9.17, 15) is 0 Å². The van der Waals surface area contributed by atoms with E-state index < -0.39 is 0 Å². The van der Waals surface area contributed by atoms with Gasteiger partial charge in [-0.05, 0) is 37.7 Å². The zero-order valence-corrected chi connectivity index (χ0v) is 14.5. The van der Waals surface area contributed by atoms with E-state index in [1.165, 1.54) is 11.1 Å². The molecule has 3 rings (SSSR count). The second-order valence-corrected chi connectivity index (χ2v) is 7.13. The van der Waals surface area contributed by atoms with E-state index in [4.69, 9.17) is 0 Å². The Balaban J connectivity index is 1.70. The summed E-state index contributed by atoms with van der Waals surface area (Å²) in [6, 6.07) is 17.2. The maximum atomic E-state index is 4.64. The zero-order valence-electron chi connectivity index (χ0n) is 14.5. The van der Waals surface area contributed by atoms with Crippen LogP contribution in [-0.4, -0.2) is 28.1 Å². The molecular formula is C20H25N3. The van der Waals surface area contributed by atoms with Crippen molar-refractivity contribution in [2.45, 2.75) is 32.7 Å². The van der Waals surface area contributed by atoms with Gasteiger partial charge in [-0.15, -0.1) is 0 Å². The average molecular weight is 307 g/mol. The van der Waals surface area contributed by atoms with Crippen LogP contribution in [0.1, 0.15) is 30.7 Å². The van der Waals surface area contributed by atoms with E-state index in [0.717, 1.165) is 24.3 Å². The number of hydrogen-bond acceptors (Lipinski definition) is 2. The number of nitrogens with zero attached hydrogens (tertiary/aromatic N) is 3. The fourth-order valence-corrected chi connectivity index (χ4v) is 3.17. The summed E-state index contributed by atoms with van der Waals surface area (Å²) in [5.74, 6) is 0. The predicted octanol–water partition coefficient (Wildman–Crippen LogP) is 4.05. The first kappa shape index (κ1) is 15.8. The third-order valence-corrected chi connectivity index (χ3v) is 4.35. The fourth-order valence-electron chi connectivity index (χ4n) is 3.17. The summed E-state index contributed by atoms with van der Waals surface area (Å²) < 4.78 is 1.94. The highest BCUT2D eigenvalue weighted by atomic mass is 15.2. The lowest BCUT2D eigenvalue weighted by Crippen LogP contribution is -2.34. The number of likely N-dealkylation sites (N-methyl/N-ethyl adjacent to an activating group) is 1. The maximum Gasteiger partial charge on any atom is 0.0775 e. The van der Waals surface area contributed by atoms with Crippen molar-refractivity contribution in [1.29, 1.82) is 0 Å². The van der Waals surface area contributed by atoms with E-state index in [0.29, 0.717) is 0 Å². The fraction of sp³-hybridized carbons (Fsp3) is 0.350. The van der Waals surface area contributed by atoms with E-state index in [-0.39, 0.29) is 5.41 Å². The van der Waals surface area contributed by atoms with Gasteiger partial charge < -0.3 is 0 Å². The number of rotatable bonds is 5. The highest BCUT2D eigenvalue weighted by Gasteiger charge is 2.22. The molecule has 0 spiro atoms. The number of aryl methyl sites for hydroxylation is 1. The minimum absolute atomic E-state index is 0.113. The van der Waals surface area contributed by atoms with E-state index in [2.05, 4.69) is 74.2 Å². The van der Waals surface area contributed by atoms with E-state index in [1.54, 1.807) is 0 Å². The Morgan fingerprint density at radius 1 is 1.09 bits per heavy atom. The van der Waals surface area contributed by atoms with Crippen molar-refractivity contribution in [3.63, 3.8) is 0 Å². The van der Waals surface area contributed by atoms with Crippen molar-refractivity contribution < 1.29 is 0 Å². The highest BCUT2D eigenvalue weighted by Crippen LogP contribution is 2.25. The number of aromatic nitrogens is 2. The van der Waals surface area contributed by atoms with Crippen LogP contribution in [0.25, 0.3) is 5.52 Å². The Kier molecular flexibility index (Phi) is 4.22. The predicted molar refractivity (Wildman–Crippen MR) is 95.7 cm³/mol. The second-order valence-electron chi connectivity index (χ2n) is 7.13. The molecule has 2 aromatic heterocycles. The number of hydrogen-bond donors (Lipinski definition) is 0. The first-order chi connectivity index (χ1) is 10.9. The van der Waals surface area contributed by atoms with Crippen molar-refractivity contribution in [2.24, 2.45) is 0 Å². The molecule has 0 aliphatic carbocycles. The van der Waals surface area contributed by atoms with E-state index >= 15 is 0 Å². The van der Waals surface area contributed by atoms with Gasteiger partial charge in [0.1, 0.15) is 0 Å². The Bertz CT molecular complexity index is 751. The molecule has 0 saturated heterocycles. The van der Waals surface area contributed by atoms with Crippen LogP contribution in [0.2, 0.25) is 0 Å². The molecule has 0 aliphatic heterocycles. The summed E-state index contributed by atoms with van der Waals surface area (Å²) in [6.45, 7) is 8.59. The molecule has 0 amide bonds. The molecule has 120 valence electrons. The molecule has 0 N–H and O–H groups in total. The molecule has 0 radical (unpaired) electrons. The highest BCUT2D eigenvalue weighted by molar-refractivity contribution is 5.46. The standard InChI is InChI=1S/C20H25N3/c1-16-8-10-17(11-9-16)20(2,3)15-22(4)14-18-13-19-7-5-6-12-23(19)21-18/h5-13H,14-15H2,1-4H3. The van der Waals surface area contributed by atoms with Gasteiger partial charge in [0.05, 0.1) is 11.2 Å².